The minimum Gasteiger partial charge on any atom is -0.302 e. The number of rotatable bonds is 4. The Kier molecular flexibility index (Phi) is 4.85. The summed E-state index contributed by atoms with van der Waals surface area (Å²) in [5.41, 5.74) is 2.54. The van der Waals surface area contributed by atoms with Crippen molar-refractivity contribution < 1.29 is 8.42 Å². The molecule has 0 amide bonds. The van der Waals surface area contributed by atoms with Crippen molar-refractivity contribution in [3.05, 3.63) is 29.3 Å². The van der Waals surface area contributed by atoms with Gasteiger partial charge in [0.05, 0.1) is 4.90 Å². The summed E-state index contributed by atoms with van der Waals surface area (Å²) in [4.78, 5) is 2.74. The number of aryl methyl sites for hydroxylation is 2. The molecule has 3 rings (SSSR count). The number of piperidine rings is 1. The molecule has 22 heavy (non-hydrogen) atoms. The van der Waals surface area contributed by atoms with E-state index < -0.39 is 10.0 Å². The van der Waals surface area contributed by atoms with Crippen LogP contribution in [0.4, 0.5) is 0 Å². The molecule has 1 fully saturated rings. The third-order valence-electron chi connectivity index (χ3n) is 4.90. The fourth-order valence-electron chi connectivity index (χ4n) is 3.60. The Balaban J connectivity index is 1.75. The highest BCUT2D eigenvalue weighted by Gasteiger charge is 2.25. The minimum atomic E-state index is -3.40. The molecule has 0 saturated carbocycles. The van der Waals surface area contributed by atoms with E-state index in [4.69, 9.17) is 0 Å². The predicted octanol–water partition coefficient (Wildman–Crippen LogP) is 2.33. The van der Waals surface area contributed by atoms with Gasteiger partial charge in [-0.05, 0) is 74.9 Å². The highest BCUT2D eigenvalue weighted by Crippen LogP contribution is 2.24. The van der Waals surface area contributed by atoms with Crippen molar-refractivity contribution >= 4 is 10.0 Å². The lowest BCUT2D eigenvalue weighted by Gasteiger charge is -2.32. The molecule has 0 aromatic heterocycles. The number of benzene rings is 1. The van der Waals surface area contributed by atoms with E-state index in [2.05, 4.69) is 16.5 Å². The van der Waals surface area contributed by atoms with Crippen LogP contribution in [0.15, 0.2) is 23.1 Å². The van der Waals surface area contributed by atoms with Crippen molar-refractivity contribution in [1.82, 2.24) is 9.62 Å². The number of fused-ring (bicyclic) bond motifs is 1. The molecule has 2 aliphatic rings. The van der Waals surface area contributed by atoms with Crippen LogP contribution >= 0.6 is 0 Å². The summed E-state index contributed by atoms with van der Waals surface area (Å²) in [6, 6.07) is 5.70. The lowest BCUT2D eigenvalue weighted by atomic mass is 9.92. The van der Waals surface area contributed by atoms with E-state index in [1.54, 1.807) is 6.07 Å². The lowest BCUT2D eigenvalue weighted by Crippen LogP contribution is -2.47. The largest absolute Gasteiger partial charge is 0.302 e. The molecule has 4 nitrogen and oxygen atoms in total. The van der Waals surface area contributed by atoms with Crippen LogP contribution in [-0.2, 0) is 22.9 Å². The standard InChI is InChI=1S/C17H26N2O2S/c1-2-19-11-5-8-16(13-19)18-22(20,21)17-10-9-14-6-3-4-7-15(14)12-17/h9-10,12,16,18H,2-8,11,13H2,1H3/t16-/m0/s1. The van der Waals surface area contributed by atoms with Crippen molar-refractivity contribution in [2.45, 2.75) is 56.4 Å². The van der Waals surface area contributed by atoms with E-state index in [0.717, 1.165) is 51.7 Å². The molecule has 1 aliphatic carbocycles. The van der Waals surface area contributed by atoms with Gasteiger partial charge in [0.15, 0.2) is 0 Å². The molecule has 1 N–H and O–H groups in total. The Bertz CT molecular complexity index is 628. The van der Waals surface area contributed by atoms with Crippen molar-refractivity contribution in [3.63, 3.8) is 0 Å². The molecule has 1 saturated heterocycles. The fourth-order valence-corrected chi connectivity index (χ4v) is 4.92. The maximum Gasteiger partial charge on any atom is 0.240 e. The van der Waals surface area contributed by atoms with Gasteiger partial charge in [-0.25, -0.2) is 13.1 Å². The van der Waals surface area contributed by atoms with Crippen LogP contribution in [-0.4, -0.2) is 39.0 Å². The minimum absolute atomic E-state index is 0.0368. The first-order chi connectivity index (χ1) is 10.6. The molecule has 1 atom stereocenters. The van der Waals surface area contributed by atoms with Crippen LogP contribution in [0.3, 0.4) is 0 Å². The zero-order valence-electron chi connectivity index (χ0n) is 13.3. The zero-order valence-corrected chi connectivity index (χ0v) is 14.2. The fraction of sp³-hybridized carbons (Fsp3) is 0.647. The second-order valence-corrected chi connectivity index (χ2v) is 8.21. The van der Waals surface area contributed by atoms with E-state index in [1.165, 1.54) is 17.5 Å². The van der Waals surface area contributed by atoms with Crippen LogP contribution in [0, 0.1) is 0 Å². The summed E-state index contributed by atoms with van der Waals surface area (Å²) in [5.74, 6) is 0. The third kappa shape index (κ3) is 3.53. The van der Waals surface area contributed by atoms with Gasteiger partial charge in [0.2, 0.25) is 10.0 Å². The Morgan fingerprint density at radius 3 is 2.73 bits per heavy atom. The number of hydrogen-bond acceptors (Lipinski definition) is 3. The summed E-state index contributed by atoms with van der Waals surface area (Å²) >= 11 is 0. The smallest absolute Gasteiger partial charge is 0.240 e. The SMILES string of the molecule is CCN1CCC[C@H](NS(=O)(=O)c2ccc3c(c2)CCCC3)C1. The molecule has 1 aromatic carbocycles. The van der Waals surface area contributed by atoms with Crippen LogP contribution in [0.25, 0.3) is 0 Å². The third-order valence-corrected chi connectivity index (χ3v) is 6.42. The first-order valence-electron chi connectivity index (χ1n) is 8.45. The van der Waals surface area contributed by atoms with Gasteiger partial charge >= 0.3 is 0 Å². The van der Waals surface area contributed by atoms with Crippen molar-refractivity contribution in [2.75, 3.05) is 19.6 Å². The predicted molar refractivity (Wildman–Crippen MR) is 88.5 cm³/mol. The van der Waals surface area contributed by atoms with Gasteiger partial charge in [0.25, 0.3) is 0 Å². The van der Waals surface area contributed by atoms with E-state index in [9.17, 15) is 8.42 Å². The Labute approximate surface area is 134 Å². The Morgan fingerprint density at radius 1 is 1.18 bits per heavy atom. The van der Waals surface area contributed by atoms with Gasteiger partial charge in [-0.15, -0.1) is 0 Å². The molecule has 1 heterocycles. The van der Waals surface area contributed by atoms with Gasteiger partial charge in [-0.1, -0.05) is 13.0 Å². The Morgan fingerprint density at radius 2 is 1.95 bits per heavy atom. The van der Waals surface area contributed by atoms with Crippen molar-refractivity contribution in [2.24, 2.45) is 0 Å². The number of nitrogens with zero attached hydrogens (tertiary/aromatic N) is 1. The van der Waals surface area contributed by atoms with Crippen molar-refractivity contribution in [3.8, 4) is 0 Å². The molecular weight excluding hydrogens is 296 g/mol. The van der Waals surface area contributed by atoms with Gasteiger partial charge in [0, 0.05) is 12.6 Å². The molecule has 1 aromatic rings. The lowest BCUT2D eigenvalue weighted by molar-refractivity contribution is 0.211. The molecule has 122 valence electrons. The normalized spacial score (nSPS) is 23.2. The molecule has 0 bridgehead atoms. The average molecular weight is 322 g/mol. The maximum absolute atomic E-state index is 12.7. The highest BCUT2D eigenvalue weighted by molar-refractivity contribution is 7.89. The Hall–Kier alpha value is -0.910. The molecular formula is C17H26N2O2S. The maximum atomic E-state index is 12.7. The number of likely N-dealkylation sites (N-methyl/N-ethyl adjacent to an activating group) is 1. The van der Waals surface area contributed by atoms with E-state index >= 15 is 0 Å². The number of nitrogens with one attached hydrogen (secondary N) is 1. The van der Waals surface area contributed by atoms with E-state index in [1.807, 2.05) is 12.1 Å². The first-order valence-corrected chi connectivity index (χ1v) is 9.93. The summed E-state index contributed by atoms with van der Waals surface area (Å²) < 4.78 is 28.2. The monoisotopic (exact) mass is 322 g/mol. The second-order valence-electron chi connectivity index (χ2n) is 6.49. The summed E-state index contributed by atoms with van der Waals surface area (Å²) in [6.07, 6.45) is 6.46. The summed E-state index contributed by atoms with van der Waals surface area (Å²) in [6.45, 7) is 5.01. The molecule has 0 unspecified atom stereocenters. The van der Waals surface area contributed by atoms with Crippen LogP contribution < -0.4 is 4.72 Å². The second kappa shape index (κ2) is 6.69. The number of sulfonamides is 1. The molecule has 0 radical (unpaired) electrons. The number of likely N-dealkylation sites (tertiary alicyclic amines) is 1. The summed E-state index contributed by atoms with van der Waals surface area (Å²) in [5, 5.41) is 0. The topological polar surface area (TPSA) is 49.4 Å². The van der Waals surface area contributed by atoms with Gasteiger partial charge in [-0.3, -0.25) is 0 Å². The molecule has 1 aliphatic heterocycles. The molecule has 0 spiro atoms. The van der Waals surface area contributed by atoms with Gasteiger partial charge in [0.1, 0.15) is 0 Å². The van der Waals surface area contributed by atoms with E-state index in [-0.39, 0.29) is 6.04 Å². The van der Waals surface area contributed by atoms with Gasteiger partial charge < -0.3 is 4.90 Å². The van der Waals surface area contributed by atoms with E-state index in [0.29, 0.717) is 4.90 Å². The summed E-state index contributed by atoms with van der Waals surface area (Å²) in [7, 11) is -3.40. The average Bonchev–Trinajstić information content (AvgIpc) is 2.54. The first kappa shape index (κ1) is 16.0. The zero-order chi connectivity index (χ0) is 15.6. The van der Waals surface area contributed by atoms with Crippen LogP contribution in [0.5, 0.6) is 0 Å². The van der Waals surface area contributed by atoms with Crippen molar-refractivity contribution in [1.29, 1.82) is 0 Å². The molecule has 5 heteroatoms. The quantitative estimate of drug-likeness (QED) is 0.925. The number of hydrogen-bond donors (Lipinski definition) is 1. The van der Waals surface area contributed by atoms with Crippen LogP contribution in [0.2, 0.25) is 0 Å². The van der Waals surface area contributed by atoms with Gasteiger partial charge in [-0.2, -0.15) is 0 Å². The highest BCUT2D eigenvalue weighted by atomic mass is 32.2. The van der Waals surface area contributed by atoms with Crippen LogP contribution in [0.1, 0.15) is 43.7 Å².